The predicted molar refractivity (Wildman–Crippen MR) is 110 cm³/mol. The molecule has 0 fully saturated rings. The van der Waals surface area contributed by atoms with Crippen molar-refractivity contribution in [3.8, 4) is 16.9 Å². The van der Waals surface area contributed by atoms with E-state index in [9.17, 15) is 0 Å². The summed E-state index contributed by atoms with van der Waals surface area (Å²) in [5.74, 6) is 1.77. The van der Waals surface area contributed by atoms with Crippen LogP contribution in [0.3, 0.4) is 0 Å². The van der Waals surface area contributed by atoms with Crippen LogP contribution in [-0.4, -0.2) is 4.57 Å². The first kappa shape index (κ1) is 18.4. The maximum atomic E-state index is 2.47. The Kier molecular flexibility index (Phi) is 5.04. The van der Waals surface area contributed by atoms with E-state index in [1.54, 1.807) is 0 Å². The van der Waals surface area contributed by atoms with Crippen LogP contribution in [0.4, 0.5) is 0 Å². The first-order valence-corrected chi connectivity index (χ1v) is 9.62. The maximum absolute atomic E-state index is 2.47. The summed E-state index contributed by atoms with van der Waals surface area (Å²) in [5, 5.41) is 0. The zero-order valence-corrected chi connectivity index (χ0v) is 17.2. The van der Waals surface area contributed by atoms with Gasteiger partial charge in [-0.2, -0.15) is 4.57 Å². The van der Waals surface area contributed by atoms with Gasteiger partial charge in [-0.05, 0) is 50.3 Å². The smallest absolute Gasteiger partial charge is 0.225 e. The highest BCUT2D eigenvalue weighted by Crippen LogP contribution is 2.32. The summed E-state index contributed by atoms with van der Waals surface area (Å²) < 4.78 is 4.84. The lowest BCUT2D eigenvalue weighted by Crippen LogP contribution is -2.34. The number of para-hydroxylation sites is 1. The minimum absolute atomic E-state index is 0.399. The third-order valence-electron chi connectivity index (χ3n) is 5.26. The molecule has 0 aliphatic carbocycles. The van der Waals surface area contributed by atoms with Gasteiger partial charge in [0.1, 0.15) is 11.9 Å². The summed E-state index contributed by atoms with van der Waals surface area (Å²) in [6.45, 7) is 15.7. The van der Waals surface area contributed by atoms with Crippen LogP contribution in [0.25, 0.3) is 16.9 Å². The van der Waals surface area contributed by atoms with Gasteiger partial charge >= 0.3 is 0 Å². The van der Waals surface area contributed by atoms with E-state index in [2.05, 4.69) is 106 Å². The average molecular weight is 348 g/mol. The lowest BCUT2D eigenvalue weighted by Gasteiger charge is -2.13. The molecule has 2 heteroatoms. The Morgan fingerprint density at radius 1 is 0.808 bits per heavy atom. The van der Waals surface area contributed by atoms with Crippen molar-refractivity contribution >= 4 is 0 Å². The van der Waals surface area contributed by atoms with Crippen molar-refractivity contribution < 1.29 is 4.57 Å². The molecule has 0 amide bonds. The number of aryl methyl sites for hydroxylation is 2. The Bertz CT molecular complexity index is 909. The predicted octanol–water partition coefficient (Wildman–Crippen LogP) is 6.06. The van der Waals surface area contributed by atoms with E-state index in [0.717, 1.165) is 0 Å². The summed E-state index contributed by atoms with van der Waals surface area (Å²) >= 11 is 0. The zero-order chi connectivity index (χ0) is 19.0. The molecule has 2 aromatic carbocycles. The fraction of sp³-hybridized carbons (Fsp3) is 0.375. The summed E-state index contributed by atoms with van der Waals surface area (Å²) in [4.78, 5) is 0. The standard InChI is InChI=1S/C24H31N2/c1-16(2)21-13-8-9-14-22(21)23-15-25(20(7)26(23)17(3)4)24-18(5)11-10-12-19(24)6/h8-17H,1-7H3/q+1. The van der Waals surface area contributed by atoms with Gasteiger partial charge in [0.2, 0.25) is 0 Å². The van der Waals surface area contributed by atoms with Gasteiger partial charge in [-0.25, -0.2) is 4.57 Å². The van der Waals surface area contributed by atoms with Crippen molar-refractivity contribution in [3.05, 3.63) is 71.2 Å². The third-order valence-corrected chi connectivity index (χ3v) is 5.26. The molecule has 0 bridgehead atoms. The first-order chi connectivity index (χ1) is 12.3. The average Bonchev–Trinajstić information content (AvgIpc) is 2.92. The summed E-state index contributed by atoms with van der Waals surface area (Å²) in [6, 6.07) is 15.8. The van der Waals surface area contributed by atoms with Crippen LogP contribution in [0.5, 0.6) is 0 Å². The van der Waals surface area contributed by atoms with Crippen molar-refractivity contribution in [3.63, 3.8) is 0 Å². The molecule has 0 unspecified atom stereocenters. The Labute approximate surface area is 158 Å². The van der Waals surface area contributed by atoms with Gasteiger partial charge in [-0.3, -0.25) is 0 Å². The van der Waals surface area contributed by atoms with Gasteiger partial charge in [-0.15, -0.1) is 0 Å². The van der Waals surface area contributed by atoms with E-state index in [0.29, 0.717) is 12.0 Å². The molecule has 1 heterocycles. The van der Waals surface area contributed by atoms with E-state index < -0.39 is 0 Å². The third kappa shape index (κ3) is 3.09. The molecule has 0 saturated heterocycles. The van der Waals surface area contributed by atoms with Crippen molar-refractivity contribution in [1.29, 1.82) is 0 Å². The number of hydrogen-bond donors (Lipinski definition) is 0. The molecular formula is C24H31N2+. The van der Waals surface area contributed by atoms with E-state index in [1.807, 2.05) is 0 Å². The Morgan fingerprint density at radius 2 is 1.42 bits per heavy atom. The second-order valence-corrected chi connectivity index (χ2v) is 7.88. The SMILES string of the molecule is Cc1cccc(C)c1-[n+]1cc(-c2ccccc2C(C)C)n(C(C)C)c1C. The molecule has 3 aromatic rings. The number of nitrogens with zero attached hydrogens (tertiary/aromatic N) is 2. The second-order valence-electron chi connectivity index (χ2n) is 7.88. The number of hydrogen-bond acceptors (Lipinski definition) is 0. The van der Waals surface area contributed by atoms with Crippen LogP contribution in [0.1, 0.15) is 62.2 Å². The van der Waals surface area contributed by atoms with Crippen molar-refractivity contribution in [2.45, 2.75) is 60.4 Å². The lowest BCUT2D eigenvalue weighted by molar-refractivity contribution is -0.603. The molecule has 26 heavy (non-hydrogen) atoms. The Morgan fingerprint density at radius 3 is 2.00 bits per heavy atom. The molecule has 0 radical (unpaired) electrons. The van der Waals surface area contributed by atoms with Gasteiger partial charge in [0, 0.05) is 12.5 Å². The minimum Gasteiger partial charge on any atom is -0.225 e. The molecule has 0 atom stereocenters. The van der Waals surface area contributed by atoms with Gasteiger partial charge in [0.25, 0.3) is 5.82 Å². The van der Waals surface area contributed by atoms with Gasteiger partial charge in [-0.1, -0.05) is 56.3 Å². The summed E-state index contributed by atoms with van der Waals surface area (Å²) in [7, 11) is 0. The van der Waals surface area contributed by atoms with Crippen LogP contribution in [-0.2, 0) is 0 Å². The zero-order valence-electron chi connectivity index (χ0n) is 17.2. The van der Waals surface area contributed by atoms with E-state index >= 15 is 0 Å². The van der Waals surface area contributed by atoms with E-state index in [1.165, 1.54) is 39.5 Å². The van der Waals surface area contributed by atoms with Crippen molar-refractivity contribution in [2.24, 2.45) is 0 Å². The molecule has 136 valence electrons. The van der Waals surface area contributed by atoms with Gasteiger partial charge in [0.15, 0.2) is 5.69 Å². The second kappa shape index (κ2) is 7.11. The van der Waals surface area contributed by atoms with Crippen LogP contribution in [0, 0.1) is 20.8 Å². The molecule has 0 aliphatic rings. The molecule has 3 rings (SSSR count). The quantitative estimate of drug-likeness (QED) is 0.507. The minimum atomic E-state index is 0.399. The monoisotopic (exact) mass is 347 g/mol. The molecular weight excluding hydrogens is 316 g/mol. The molecule has 0 spiro atoms. The lowest BCUT2D eigenvalue weighted by atomic mass is 9.95. The van der Waals surface area contributed by atoms with Crippen molar-refractivity contribution in [2.75, 3.05) is 0 Å². The fourth-order valence-electron chi connectivity index (χ4n) is 4.07. The highest BCUT2D eigenvalue weighted by molar-refractivity contribution is 5.64. The van der Waals surface area contributed by atoms with Crippen molar-refractivity contribution in [1.82, 2.24) is 4.57 Å². The van der Waals surface area contributed by atoms with E-state index in [4.69, 9.17) is 0 Å². The van der Waals surface area contributed by atoms with E-state index in [-0.39, 0.29) is 0 Å². The summed E-state index contributed by atoms with van der Waals surface area (Å²) in [5.41, 5.74) is 7.95. The van der Waals surface area contributed by atoms with Gasteiger partial charge in [0.05, 0.1) is 6.04 Å². The topological polar surface area (TPSA) is 8.81 Å². The Balaban J connectivity index is 2.33. The number of benzene rings is 2. The number of imidazole rings is 1. The van der Waals surface area contributed by atoms with Crippen LogP contribution in [0.15, 0.2) is 48.7 Å². The molecule has 1 aromatic heterocycles. The maximum Gasteiger partial charge on any atom is 0.259 e. The molecule has 2 nitrogen and oxygen atoms in total. The van der Waals surface area contributed by atoms with Crippen LogP contribution >= 0.6 is 0 Å². The first-order valence-electron chi connectivity index (χ1n) is 9.62. The van der Waals surface area contributed by atoms with Crippen LogP contribution in [0.2, 0.25) is 0 Å². The molecule has 0 aliphatic heterocycles. The fourth-order valence-corrected chi connectivity index (χ4v) is 4.07. The highest BCUT2D eigenvalue weighted by atomic mass is 15.2. The number of aromatic nitrogens is 2. The normalized spacial score (nSPS) is 11.6. The number of rotatable bonds is 4. The molecule has 0 N–H and O–H groups in total. The van der Waals surface area contributed by atoms with Gasteiger partial charge < -0.3 is 0 Å². The largest absolute Gasteiger partial charge is 0.259 e. The highest BCUT2D eigenvalue weighted by Gasteiger charge is 2.27. The summed E-state index contributed by atoms with van der Waals surface area (Å²) in [6.07, 6.45) is 2.33. The van der Waals surface area contributed by atoms with Crippen LogP contribution < -0.4 is 4.57 Å². The Hall–Kier alpha value is -2.35. The molecule has 0 saturated carbocycles.